The third-order valence-corrected chi connectivity index (χ3v) is 6.89. The Bertz CT molecular complexity index is 1220. The second-order valence-electron chi connectivity index (χ2n) is 9.68. The van der Waals surface area contributed by atoms with Gasteiger partial charge in [-0.25, -0.2) is 9.38 Å². The third-order valence-electron chi connectivity index (χ3n) is 6.89. The molecule has 1 unspecified atom stereocenters. The van der Waals surface area contributed by atoms with Gasteiger partial charge in [0.15, 0.2) is 6.23 Å². The average Bonchev–Trinajstić information content (AvgIpc) is 3.73. The van der Waals surface area contributed by atoms with Crippen LogP contribution in [0.15, 0.2) is 41.4 Å². The number of carbonyl (C=O) groups excluding carboxylic acids is 1. The first kappa shape index (κ1) is 25.2. The van der Waals surface area contributed by atoms with E-state index in [1.54, 1.807) is 13.2 Å². The summed E-state index contributed by atoms with van der Waals surface area (Å²) in [7, 11) is 1.65. The van der Waals surface area contributed by atoms with E-state index in [2.05, 4.69) is 22.8 Å². The predicted molar refractivity (Wildman–Crippen MR) is 136 cm³/mol. The van der Waals surface area contributed by atoms with Crippen LogP contribution in [0.3, 0.4) is 0 Å². The molecule has 196 valence electrons. The highest BCUT2D eigenvalue weighted by molar-refractivity contribution is 6.08. The highest BCUT2D eigenvalue weighted by Crippen LogP contribution is 2.43. The lowest BCUT2D eigenvalue weighted by atomic mass is 10.0. The summed E-state index contributed by atoms with van der Waals surface area (Å²) >= 11 is 0. The van der Waals surface area contributed by atoms with Gasteiger partial charge >= 0.3 is 11.9 Å². The first-order valence-electron chi connectivity index (χ1n) is 12.6. The zero-order valence-corrected chi connectivity index (χ0v) is 20.7. The molecular formula is C27H31FN4O5. The summed E-state index contributed by atoms with van der Waals surface area (Å²) in [4.78, 5) is 30.5. The van der Waals surface area contributed by atoms with Gasteiger partial charge in [-0.3, -0.25) is 9.59 Å². The quantitative estimate of drug-likeness (QED) is 0.459. The van der Waals surface area contributed by atoms with Crippen LogP contribution in [-0.2, 0) is 19.1 Å². The zero-order valence-electron chi connectivity index (χ0n) is 20.7. The van der Waals surface area contributed by atoms with Crippen LogP contribution in [0.1, 0.15) is 49.1 Å². The van der Waals surface area contributed by atoms with Gasteiger partial charge in [0, 0.05) is 37.6 Å². The number of aliphatic imine (C=N–C) groups is 1. The van der Waals surface area contributed by atoms with Gasteiger partial charge in [-0.2, -0.15) is 0 Å². The number of aliphatic carboxylic acids is 1. The molecule has 0 bridgehead atoms. The van der Waals surface area contributed by atoms with Crippen LogP contribution in [0, 0.1) is 5.82 Å². The van der Waals surface area contributed by atoms with Crippen molar-refractivity contribution in [2.24, 2.45) is 4.99 Å². The summed E-state index contributed by atoms with van der Waals surface area (Å²) in [5.74, 6) is -0.878. The van der Waals surface area contributed by atoms with Crippen molar-refractivity contribution in [3.63, 3.8) is 0 Å². The Morgan fingerprint density at radius 3 is 2.76 bits per heavy atom. The number of fused-ring (bicyclic) bond motifs is 2. The maximum absolute atomic E-state index is 14.1. The van der Waals surface area contributed by atoms with Gasteiger partial charge in [0.05, 0.1) is 30.8 Å². The van der Waals surface area contributed by atoms with E-state index < -0.39 is 18.2 Å². The van der Waals surface area contributed by atoms with Crippen molar-refractivity contribution in [1.82, 2.24) is 10.2 Å². The number of anilines is 2. The maximum Gasteiger partial charge on any atom is 0.308 e. The summed E-state index contributed by atoms with van der Waals surface area (Å²) in [6.45, 7) is 1.39. The number of piperazine rings is 1. The Morgan fingerprint density at radius 1 is 1.16 bits per heavy atom. The Morgan fingerprint density at radius 2 is 2.00 bits per heavy atom. The lowest BCUT2D eigenvalue weighted by Crippen LogP contribution is -2.60. The molecule has 1 saturated carbocycles. The number of nitrogens with zero attached hydrogens (tertiary/aromatic N) is 2. The van der Waals surface area contributed by atoms with Crippen LogP contribution >= 0.6 is 0 Å². The third kappa shape index (κ3) is 5.91. The van der Waals surface area contributed by atoms with E-state index in [1.807, 2.05) is 11.0 Å². The molecule has 2 heterocycles. The fourth-order valence-electron chi connectivity index (χ4n) is 4.77. The molecule has 0 aromatic heterocycles. The second kappa shape index (κ2) is 10.9. The van der Waals surface area contributed by atoms with Gasteiger partial charge in [-0.15, -0.1) is 0 Å². The van der Waals surface area contributed by atoms with Gasteiger partial charge in [-0.1, -0.05) is 6.07 Å². The van der Waals surface area contributed by atoms with E-state index in [1.165, 1.54) is 17.7 Å². The average molecular weight is 511 g/mol. The summed E-state index contributed by atoms with van der Waals surface area (Å²) in [6, 6.07) is 10.7. The molecule has 3 aliphatic rings. The van der Waals surface area contributed by atoms with Crippen LogP contribution in [0.4, 0.5) is 21.5 Å². The molecule has 2 aliphatic heterocycles. The number of esters is 1. The van der Waals surface area contributed by atoms with Crippen molar-refractivity contribution in [2.45, 2.75) is 50.3 Å². The molecule has 1 saturated heterocycles. The number of carboxylic acid groups (broad SMARTS) is 1. The Hall–Kier alpha value is -3.50. The summed E-state index contributed by atoms with van der Waals surface area (Å²) in [6.07, 6.45) is 1.81. The Kier molecular flexibility index (Phi) is 7.38. The van der Waals surface area contributed by atoms with Crippen LogP contribution in [0.5, 0.6) is 0 Å². The lowest BCUT2D eigenvalue weighted by Gasteiger charge is -2.41. The number of methoxy groups -OCH3 is 1. The van der Waals surface area contributed by atoms with E-state index in [0.717, 1.165) is 30.5 Å². The number of carboxylic acids is 1. The number of carbonyl (C=O) groups is 2. The van der Waals surface area contributed by atoms with Crippen molar-refractivity contribution in [3.05, 3.63) is 53.3 Å². The van der Waals surface area contributed by atoms with Crippen LogP contribution < -0.4 is 10.6 Å². The normalized spacial score (nSPS) is 20.7. The Labute approximate surface area is 214 Å². The van der Waals surface area contributed by atoms with E-state index in [4.69, 9.17) is 19.6 Å². The van der Waals surface area contributed by atoms with Crippen molar-refractivity contribution >= 4 is 34.8 Å². The van der Waals surface area contributed by atoms with E-state index in [9.17, 15) is 14.0 Å². The van der Waals surface area contributed by atoms with E-state index in [-0.39, 0.29) is 24.7 Å². The van der Waals surface area contributed by atoms with Crippen molar-refractivity contribution in [1.29, 1.82) is 0 Å². The fourth-order valence-corrected chi connectivity index (χ4v) is 4.77. The molecule has 9 nitrogen and oxygen atoms in total. The molecule has 0 spiro atoms. The first-order valence-corrected chi connectivity index (χ1v) is 12.6. The minimum absolute atomic E-state index is 0.0515. The molecule has 1 aliphatic carbocycles. The van der Waals surface area contributed by atoms with Gasteiger partial charge in [0.2, 0.25) is 0 Å². The zero-order chi connectivity index (χ0) is 25.9. The van der Waals surface area contributed by atoms with Crippen molar-refractivity contribution < 1.29 is 28.6 Å². The van der Waals surface area contributed by atoms with Crippen LogP contribution in [-0.4, -0.2) is 66.9 Å². The minimum atomic E-state index is -1.06. The summed E-state index contributed by atoms with van der Waals surface area (Å²) < 4.78 is 25.2. The Balaban J connectivity index is 1.54. The highest BCUT2D eigenvalue weighted by atomic mass is 19.1. The molecule has 0 radical (unpaired) electrons. The van der Waals surface area contributed by atoms with Crippen molar-refractivity contribution in [3.8, 4) is 0 Å². The molecule has 2 fully saturated rings. The standard InChI is InChI=1S/C27H31FN4O5/c1-36-11-10-19-15-32(24(14-29-19)37-26(35)9-8-25(33)34)27-20-12-17(16-2-3-16)4-6-21(20)30-23-13-18(28)5-7-22(23)31-27/h4-7,12-13,16,19,24,29-30H,2-3,8-11,14-15H2,1H3,(H,33,34)/t19-,24?/m0/s1. The minimum Gasteiger partial charge on any atom is -0.481 e. The number of benzene rings is 2. The predicted octanol–water partition coefficient (Wildman–Crippen LogP) is 3.88. The topological polar surface area (TPSA) is 112 Å². The number of ether oxygens (including phenoxy) is 2. The molecule has 10 heteroatoms. The summed E-state index contributed by atoms with van der Waals surface area (Å²) in [5.41, 5.74) is 3.97. The molecule has 5 rings (SSSR count). The number of halogens is 1. The molecular weight excluding hydrogens is 479 g/mol. The van der Waals surface area contributed by atoms with E-state index >= 15 is 0 Å². The monoisotopic (exact) mass is 510 g/mol. The SMILES string of the molecule is COCC[C@H]1CN(C2=Nc3ccc(F)cc3Nc3ccc(C4CC4)cc32)C(OC(=O)CCC(=O)O)CN1. The van der Waals surface area contributed by atoms with E-state index in [0.29, 0.717) is 42.8 Å². The highest BCUT2D eigenvalue weighted by Gasteiger charge is 2.36. The number of hydrogen-bond donors (Lipinski definition) is 3. The molecule has 0 amide bonds. The number of nitrogens with one attached hydrogen (secondary N) is 2. The smallest absolute Gasteiger partial charge is 0.308 e. The van der Waals surface area contributed by atoms with Crippen LogP contribution in [0.2, 0.25) is 0 Å². The molecule has 2 aromatic rings. The fraction of sp³-hybridized carbons (Fsp3) is 0.444. The van der Waals surface area contributed by atoms with Crippen molar-refractivity contribution in [2.75, 3.05) is 32.1 Å². The van der Waals surface area contributed by atoms with Crippen LogP contribution in [0.25, 0.3) is 0 Å². The molecule has 2 atom stereocenters. The van der Waals surface area contributed by atoms with Gasteiger partial charge in [-0.05, 0) is 61.1 Å². The summed E-state index contributed by atoms with van der Waals surface area (Å²) in [5, 5.41) is 15.7. The van der Waals surface area contributed by atoms with Gasteiger partial charge in [0.25, 0.3) is 0 Å². The molecule has 3 N–H and O–H groups in total. The number of amidine groups is 1. The molecule has 37 heavy (non-hydrogen) atoms. The van der Waals surface area contributed by atoms with Gasteiger partial charge in [0.1, 0.15) is 11.7 Å². The molecule has 2 aromatic carbocycles. The first-order chi connectivity index (χ1) is 17.9. The maximum atomic E-state index is 14.1. The second-order valence-corrected chi connectivity index (χ2v) is 9.68. The lowest BCUT2D eigenvalue weighted by molar-refractivity contribution is -0.159. The van der Waals surface area contributed by atoms with Gasteiger partial charge < -0.3 is 30.1 Å². The number of hydrogen-bond acceptors (Lipinski definition) is 8. The largest absolute Gasteiger partial charge is 0.481 e. The number of rotatable bonds is 8.